The van der Waals surface area contributed by atoms with E-state index >= 15 is 0 Å². The summed E-state index contributed by atoms with van der Waals surface area (Å²) in [4.78, 5) is 13.6. The molecule has 5 nitrogen and oxygen atoms in total. The maximum Gasteiger partial charge on any atom is 0.204 e. The Kier molecular flexibility index (Phi) is 3.51. The van der Waals surface area contributed by atoms with Crippen molar-refractivity contribution in [3.63, 3.8) is 0 Å². The minimum atomic E-state index is 0.113. The number of hydrogen-bond donors (Lipinski definition) is 1. The average molecular weight is 320 g/mol. The van der Waals surface area contributed by atoms with Crippen LogP contribution in [0.15, 0.2) is 59.0 Å². The Labute approximate surface area is 136 Å². The fourth-order valence-corrected chi connectivity index (χ4v) is 3.51. The number of ketones is 1. The van der Waals surface area contributed by atoms with Crippen LogP contribution in [0.1, 0.15) is 15.9 Å². The Bertz CT molecular complexity index is 885. The van der Waals surface area contributed by atoms with Crippen LogP contribution in [0.4, 0.5) is 0 Å². The third kappa shape index (κ3) is 2.68. The number of carbonyl (C=O) groups is 1. The average Bonchev–Trinajstić information content (AvgIpc) is 3.13. The maximum atomic E-state index is 12.6. The van der Waals surface area contributed by atoms with Crippen molar-refractivity contribution in [3.8, 4) is 11.4 Å². The van der Waals surface area contributed by atoms with Crippen molar-refractivity contribution in [1.29, 1.82) is 0 Å². The molecule has 0 atom stereocenters. The zero-order valence-corrected chi connectivity index (χ0v) is 12.9. The number of aromatic nitrogens is 4. The Morgan fingerprint density at radius 1 is 1.09 bits per heavy atom. The predicted molar refractivity (Wildman–Crippen MR) is 89.1 cm³/mol. The number of benzene rings is 2. The summed E-state index contributed by atoms with van der Waals surface area (Å²) in [6, 6.07) is 15.5. The maximum absolute atomic E-state index is 12.6. The molecule has 0 bridgehead atoms. The van der Waals surface area contributed by atoms with E-state index in [1.165, 1.54) is 0 Å². The number of nitrogens with zero attached hydrogens (tertiary/aromatic N) is 3. The molecule has 0 unspecified atom stereocenters. The van der Waals surface area contributed by atoms with Gasteiger partial charge in [0.15, 0.2) is 5.78 Å². The van der Waals surface area contributed by atoms with Gasteiger partial charge in [-0.3, -0.25) is 4.79 Å². The summed E-state index contributed by atoms with van der Waals surface area (Å²) < 4.78 is 0. The first-order chi connectivity index (χ1) is 11.3. The lowest BCUT2D eigenvalue weighted by molar-refractivity contribution is 0.103. The molecular weight excluding hydrogens is 308 g/mol. The number of fused-ring (bicyclic) bond motifs is 1. The highest BCUT2D eigenvalue weighted by molar-refractivity contribution is 7.99. The van der Waals surface area contributed by atoms with E-state index in [0.29, 0.717) is 11.6 Å². The Hall–Kier alpha value is -2.73. The molecule has 1 aliphatic heterocycles. The fourth-order valence-electron chi connectivity index (χ4n) is 2.50. The molecule has 2 aromatic carbocycles. The van der Waals surface area contributed by atoms with Gasteiger partial charge in [0.1, 0.15) is 0 Å². The first kappa shape index (κ1) is 13.9. The molecule has 1 aliphatic rings. The SMILES string of the molecule is O=C1/C(=C/c2ccc(-c3nn[nH]n3)cc2)CSc2ccccc21. The van der Waals surface area contributed by atoms with Crippen LogP contribution in [0.5, 0.6) is 0 Å². The first-order valence-electron chi connectivity index (χ1n) is 7.12. The van der Waals surface area contributed by atoms with Gasteiger partial charge in [-0.1, -0.05) is 36.4 Å². The second kappa shape index (κ2) is 5.81. The molecule has 0 spiro atoms. The monoisotopic (exact) mass is 320 g/mol. The van der Waals surface area contributed by atoms with Crippen LogP contribution in [0, 0.1) is 0 Å². The summed E-state index contributed by atoms with van der Waals surface area (Å²) in [6.45, 7) is 0. The van der Waals surface area contributed by atoms with Gasteiger partial charge in [-0.15, -0.1) is 22.0 Å². The molecule has 112 valence electrons. The number of rotatable bonds is 2. The Balaban J connectivity index is 1.62. The highest BCUT2D eigenvalue weighted by Gasteiger charge is 2.21. The van der Waals surface area contributed by atoms with Crippen molar-refractivity contribution in [2.75, 3.05) is 5.75 Å². The zero-order chi connectivity index (χ0) is 15.6. The summed E-state index contributed by atoms with van der Waals surface area (Å²) in [7, 11) is 0. The molecule has 0 aliphatic carbocycles. The molecule has 3 aromatic rings. The van der Waals surface area contributed by atoms with Gasteiger partial charge in [-0.25, -0.2) is 0 Å². The predicted octanol–water partition coefficient (Wildman–Crippen LogP) is 3.24. The molecule has 1 N–H and O–H groups in total. The Morgan fingerprint density at radius 3 is 2.70 bits per heavy atom. The fraction of sp³-hybridized carbons (Fsp3) is 0.0588. The molecule has 6 heteroatoms. The summed E-state index contributed by atoms with van der Waals surface area (Å²) in [5.74, 6) is 1.37. The minimum Gasteiger partial charge on any atom is -0.289 e. The molecule has 0 fully saturated rings. The highest BCUT2D eigenvalue weighted by atomic mass is 32.2. The van der Waals surface area contributed by atoms with E-state index in [1.807, 2.05) is 54.6 Å². The van der Waals surface area contributed by atoms with Gasteiger partial charge in [0.2, 0.25) is 5.82 Å². The lowest BCUT2D eigenvalue weighted by Gasteiger charge is -2.16. The molecular formula is C17H12N4OS. The van der Waals surface area contributed by atoms with Gasteiger partial charge in [-0.05, 0) is 29.0 Å². The summed E-state index contributed by atoms with van der Waals surface area (Å²) in [6.07, 6.45) is 1.95. The molecule has 1 aromatic heterocycles. The van der Waals surface area contributed by atoms with Crippen LogP contribution in [0.2, 0.25) is 0 Å². The number of carbonyl (C=O) groups excluding carboxylic acids is 1. The van der Waals surface area contributed by atoms with Crippen LogP contribution in [0.3, 0.4) is 0 Å². The third-order valence-corrected chi connectivity index (χ3v) is 4.78. The van der Waals surface area contributed by atoms with Crippen LogP contribution >= 0.6 is 11.8 Å². The number of Topliss-reactive ketones (excluding diaryl/α,β-unsaturated/α-hetero) is 1. The van der Waals surface area contributed by atoms with Gasteiger partial charge in [0.05, 0.1) is 0 Å². The number of nitrogens with one attached hydrogen (secondary N) is 1. The van der Waals surface area contributed by atoms with E-state index in [2.05, 4.69) is 20.6 Å². The van der Waals surface area contributed by atoms with Gasteiger partial charge in [0.25, 0.3) is 0 Å². The molecule has 23 heavy (non-hydrogen) atoms. The summed E-state index contributed by atoms with van der Waals surface area (Å²) in [5.41, 5.74) is 3.48. The smallest absolute Gasteiger partial charge is 0.204 e. The van der Waals surface area contributed by atoms with E-state index in [0.717, 1.165) is 27.2 Å². The van der Waals surface area contributed by atoms with Crippen LogP contribution in [-0.4, -0.2) is 32.2 Å². The van der Waals surface area contributed by atoms with Crippen molar-refractivity contribution in [1.82, 2.24) is 20.6 Å². The lowest BCUT2D eigenvalue weighted by atomic mass is 10.0. The van der Waals surface area contributed by atoms with E-state index in [9.17, 15) is 4.79 Å². The largest absolute Gasteiger partial charge is 0.289 e. The van der Waals surface area contributed by atoms with E-state index in [-0.39, 0.29) is 5.78 Å². The van der Waals surface area contributed by atoms with Crippen molar-refractivity contribution >= 4 is 23.6 Å². The minimum absolute atomic E-state index is 0.113. The number of thioether (sulfide) groups is 1. The van der Waals surface area contributed by atoms with Crippen LogP contribution in [-0.2, 0) is 0 Å². The van der Waals surface area contributed by atoms with Gasteiger partial charge < -0.3 is 0 Å². The Morgan fingerprint density at radius 2 is 1.91 bits per heavy atom. The number of hydrogen-bond acceptors (Lipinski definition) is 5. The molecule has 0 amide bonds. The number of H-pyrrole nitrogens is 1. The van der Waals surface area contributed by atoms with Gasteiger partial charge >= 0.3 is 0 Å². The van der Waals surface area contributed by atoms with Gasteiger partial charge in [0, 0.05) is 27.3 Å². The van der Waals surface area contributed by atoms with Crippen LogP contribution < -0.4 is 0 Å². The normalized spacial score (nSPS) is 15.7. The van der Waals surface area contributed by atoms with Crippen molar-refractivity contribution in [2.45, 2.75) is 4.90 Å². The van der Waals surface area contributed by atoms with E-state index in [4.69, 9.17) is 0 Å². The van der Waals surface area contributed by atoms with Crippen molar-refractivity contribution in [3.05, 3.63) is 65.2 Å². The molecule has 0 radical (unpaired) electrons. The quantitative estimate of drug-likeness (QED) is 0.734. The van der Waals surface area contributed by atoms with Crippen LogP contribution in [0.25, 0.3) is 17.5 Å². The van der Waals surface area contributed by atoms with E-state index < -0.39 is 0 Å². The van der Waals surface area contributed by atoms with Gasteiger partial charge in [-0.2, -0.15) is 5.21 Å². The van der Waals surface area contributed by atoms with E-state index in [1.54, 1.807) is 11.8 Å². The molecule has 0 saturated heterocycles. The second-order valence-electron chi connectivity index (χ2n) is 5.14. The molecule has 4 rings (SSSR count). The first-order valence-corrected chi connectivity index (χ1v) is 8.11. The molecule has 2 heterocycles. The number of tetrazole rings is 1. The standard InChI is InChI=1S/C17H12N4OS/c22-16-13(10-23-15-4-2-1-3-14(15)16)9-11-5-7-12(8-6-11)17-18-20-21-19-17/h1-9H,10H2,(H,18,19,20,21)/b13-9+. The second-order valence-corrected chi connectivity index (χ2v) is 6.16. The molecule has 0 saturated carbocycles. The van der Waals surface area contributed by atoms with Crippen molar-refractivity contribution < 1.29 is 4.79 Å². The number of aromatic amines is 1. The highest BCUT2D eigenvalue weighted by Crippen LogP contribution is 2.33. The summed E-state index contributed by atoms with van der Waals surface area (Å²) >= 11 is 1.70. The zero-order valence-electron chi connectivity index (χ0n) is 12.1. The lowest BCUT2D eigenvalue weighted by Crippen LogP contribution is -2.11. The van der Waals surface area contributed by atoms with Crippen molar-refractivity contribution in [2.24, 2.45) is 0 Å². The topological polar surface area (TPSA) is 71.5 Å². The third-order valence-electron chi connectivity index (χ3n) is 3.66. The summed E-state index contributed by atoms with van der Waals surface area (Å²) in [5, 5.41) is 13.9.